The number of nitrogens with zero attached hydrogens (tertiary/aromatic N) is 1. The molecule has 0 aromatic heterocycles. The van der Waals surface area contributed by atoms with E-state index in [0.717, 1.165) is 51.4 Å². The summed E-state index contributed by atoms with van der Waals surface area (Å²) < 4.78 is 4.81. The number of ether oxygens (including phenoxy) is 1. The van der Waals surface area contributed by atoms with Gasteiger partial charge in [0.05, 0.1) is 23.2 Å². The molecule has 1 spiro atoms. The summed E-state index contributed by atoms with van der Waals surface area (Å²) in [7, 11) is 0. The fourth-order valence-corrected chi connectivity index (χ4v) is 7.98. The molecule has 2 N–H and O–H groups in total. The van der Waals surface area contributed by atoms with Crippen LogP contribution in [0.1, 0.15) is 72.1 Å². The zero-order valence-electron chi connectivity index (χ0n) is 19.1. The summed E-state index contributed by atoms with van der Waals surface area (Å²) in [4.78, 5) is 41.6. The van der Waals surface area contributed by atoms with Gasteiger partial charge in [-0.2, -0.15) is 0 Å². The van der Waals surface area contributed by atoms with Gasteiger partial charge in [0.1, 0.15) is 6.04 Å². The van der Waals surface area contributed by atoms with Gasteiger partial charge in [-0.15, -0.1) is 11.8 Å². The predicted molar refractivity (Wildman–Crippen MR) is 121 cm³/mol. The molecular weight excluding hydrogens is 416 g/mol. The van der Waals surface area contributed by atoms with Crippen molar-refractivity contribution < 1.29 is 24.2 Å². The maximum Gasteiger partial charge on any atom is 0.310 e. The summed E-state index contributed by atoms with van der Waals surface area (Å²) in [6, 6.07) is -0.476. The average Bonchev–Trinajstić information content (AvgIpc) is 3.35. The zero-order chi connectivity index (χ0) is 22.6. The van der Waals surface area contributed by atoms with Gasteiger partial charge in [0.2, 0.25) is 11.8 Å². The van der Waals surface area contributed by atoms with Crippen LogP contribution >= 0.6 is 11.8 Å². The summed E-state index contributed by atoms with van der Waals surface area (Å²) in [5.41, 5.74) is 0. The molecule has 3 heterocycles. The molecule has 2 amide bonds. The lowest BCUT2D eigenvalue weighted by molar-refractivity contribution is -0.153. The van der Waals surface area contributed by atoms with Crippen molar-refractivity contribution in [3.8, 4) is 0 Å². The Morgan fingerprint density at radius 2 is 2.03 bits per heavy atom. The number of aliphatic hydroxyl groups excluding tert-OH is 1. The quantitative estimate of drug-likeness (QED) is 0.347. The molecule has 0 aromatic rings. The van der Waals surface area contributed by atoms with E-state index in [1.54, 1.807) is 23.6 Å². The van der Waals surface area contributed by atoms with Crippen LogP contribution in [0, 0.1) is 11.8 Å². The van der Waals surface area contributed by atoms with E-state index in [4.69, 9.17) is 9.84 Å². The Balaban J connectivity index is 1.84. The highest BCUT2D eigenvalue weighted by Gasteiger charge is 2.73. The maximum absolute atomic E-state index is 13.6. The average molecular weight is 455 g/mol. The molecule has 0 radical (unpaired) electrons. The summed E-state index contributed by atoms with van der Waals surface area (Å²) in [6.45, 7) is 6.87. The van der Waals surface area contributed by atoms with Crippen molar-refractivity contribution in [1.82, 2.24) is 10.2 Å². The monoisotopic (exact) mass is 454 g/mol. The largest absolute Gasteiger partial charge is 0.466 e. The van der Waals surface area contributed by atoms with E-state index in [2.05, 4.69) is 12.2 Å². The van der Waals surface area contributed by atoms with Crippen LogP contribution in [0.15, 0.2) is 0 Å². The van der Waals surface area contributed by atoms with E-state index in [1.165, 1.54) is 0 Å². The molecule has 3 saturated heterocycles. The molecule has 0 saturated carbocycles. The summed E-state index contributed by atoms with van der Waals surface area (Å²) in [6.07, 6.45) is 6.86. The van der Waals surface area contributed by atoms with E-state index in [-0.39, 0.29) is 35.7 Å². The number of nitrogens with one attached hydrogen (secondary N) is 1. The lowest BCUT2D eigenvalue weighted by Gasteiger charge is -2.34. The molecular formula is C23H38N2O5S. The minimum Gasteiger partial charge on any atom is -0.466 e. The molecule has 31 heavy (non-hydrogen) atoms. The number of likely N-dealkylation sites (tertiary alicyclic amines) is 1. The van der Waals surface area contributed by atoms with Crippen LogP contribution in [0.5, 0.6) is 0 Å². The van der Waals surface area contributed by atoms with Gasteiger partial charge >= 0.3 is 5.97 Å². The molecule has 2 bridgehead atoms. The number of hydrogen-bond acceptors (Lipinski definition) is 6. The van der Waals surface area contributed by atoms with Crippen molar-refractivity contribution in [3.63, 3.8) is 0 Å². The van der Waals surface area contributed by atoms with E-state index < -0.39 is 22.6 Å². The molecule has 3 aliphatic heterocycles. The second kappa shape index (κ2) is 10.6. The number of esters is 1. The van der Waals surface area contributed by atoms with Crippen LogP contribution < -0.4 is 5.32 Å². The number of fused-ring (bicyclic) bond motifs is 1. The Hall–Kier alpha value is -1.28. The van der Waals surface area contributed by atoms with Gasteiger partial charge < -0.3 is 20.1 Å². The third-order valence-electron chi connectivity index (χ3n) is 7.02. The van der Waals surface area contributed by atoms with Crippen LogP contribution in [0.2, 0.25) is 0 Å². The molecule has 3 aliphatic rings. The second-order valence-corrected chi connectivity index (χ2v) is 10.8. The van der Waals surface area contributed by atoms with Gasteiger partial charge in [0.15, 0.2) is 0 Å². The minimum absolute atomic E-state index is 0.0545. The van der Waals surface area contributed by atoms with E-state index >= 15 is 0 Å². The molecule has 3 unspecified atom stereocenters. The van der Waals surface area contributed by atoms with Crippen LogP contribution in [0.3, 0.4) is 0 Å². The Bertz CT molecular complexity index is 674. The molecule has 0 aromatic carbocycles. The number of carbonyl (C=O) groups excluding carboxylic acids is 3. The van der Waals surface area contributed by atoms with Crippen molar-refractivity contribution >= 4 is 29.5 Å². The first-order chi connectivity index (χ1) is 14.9. The number of aliphatic hydroxyl groups is 1. The first kappa shape index (κ1) is 24.4. The lowest BCUT2D eigenvalue weighted by Crippen LogP contribution is -2.55. The predicted octanol–water partition coefficient (Wildman–Crippen LogP) is 2.50. The number of hydrogen-bond donors (Lipinski definition) is 2. The molecule has 7 nitrogen and oxygen atoms in total. The molecule has 8 heteroatoms. The highest BCUT2D eigenvalue weighted by Crippen LogP contribution is 2.66. The van der Waals surface area contributed by atoms with Crippen molar-refractivity contribution in [1.29, 1.82) is 0 Å². The number of amides is 2. The fourth-order valence-electron chi connectivity index (χ4n) is 5.77. The standard InChI is InChI=1S/C23H38N2O5S/c1-4-10-15(3)24-20(27)19-23-12-11-16(31-23)17(22(29)30-5-2)18(23)21(28)25(19)13-8-6-7-9-14-26/h15-19,26H,4-14H2,1-3H3,(H,24,27)/t15?,16-,17+,18+,19?,23?/m1/s1. The number of rotatable bonds is 12. The zero-order valence-corrected chi connectivity index (χ0v) is 19.9. The number of thioether (sulfide) groups is 1. The lowest BCUT2D eigenvalue weighted by atomic mass is 9.71. The first-order valence-corrected chi connectivity index (χ1v) is 12.8. The Labute approximate surface area is 190 Å². The fraction of sp³-hybridized carbons (Fsp3) is 0.870. The first-order valence-electron chi connectivity index (χ1n) is 12.0. The summed E-state index contributed by atoms with van der Waals surface area (Å²) in [5, 5.41) is 12.2. The molecule has 176 valence electrons. The Morgan fingerprint density at radius 1 is 1.29 bits per heavy atom. The van der Waals surface area contributed by atoms with Crippen LogP contribution in [0.25, 0.3) is 0 Å². The van der Waals surface area contributed by atoms with Gasteiger partial charge in [-0.25, -0.2) is 0 Å². The minimum atomic E-state index is -0.531. The van der Waals surface area contributed by atoms with Gasteiger partial charge in [-0.05, 0) is 46.0 Å². The highest BCUT2D eigenvalue weighted by molar-refractivity contribution is 8.02. The van der Waals surface area contributed by atoms with Gasteiger partial charge in [0.25, 0.3) is 0 Å². The third-order valence-corrected chi connectivity index (χ3v) is 8.98. The number of carbonyl (C=O) groups is 3. The molecule has 3 fully saturated rings. The molecule has 6 atom stereocenters. The van der Waals surface area contributed by atoms with E-state index in [1.807, 2.05) is 6.92 Å². The normalized spacial score (nSPS) is 32.3. The van der Waals surface area contributed by atoms with Crippen molar-refractivity contribution in [2.24, 2.45) is 11.8 Å². The Kier molecular flexibility index (Phi) is 8.30. The topological polar surface area (TPSA) is 95.9 Å². The summed E-state index contributed by atoms with van der Waals surface area (Å²) in [5.74, 6) is -1.34. The van der Waals surface area contributed by atoms with Gasteiger partial charge in [0, 0.05) is 24.4 Å². The van der Waals surface area contributed by atoms with Crippen LogP contribution in [0.4, 0.5) is 0 Å². The van der Waals surface area contributed by atoms with E-state index in [0.29, 0.717) is 13.2 Å². The Morgan fingerprint density at radius 3 is 2.71 bits per heavy atom. The molecule has 0 aliphatic carbocycles. The molecule has 3 rings (SSSR count). The van der Waals surface area contributed by atoms with Crippen LogP contribution in [-0.2, 0) is 19.1 Å². The van der Waals surface area contributed by atoms with E-state index in [9.17, 15) is 14.4 Å². The van der Waals surface area contributed by atoms with Gasteiger partial charge in [-0.1, -0.05) is 26.2 Å². The van der Waals surface area contributed by atoms with Crippen LogP contribution in [-0.4, -0.2) is 69.6 Å². The second-order valence-electron chi connectivity index (χ2n) is 9.18. The summed E-state index contributed by atoms with van der Waals surface area (Å²) >= 11 is 1.69. The SMILES string of the molecule is CCCC(C)NC(=O)C1N(CCCCCCO)C(=O)[C@@H]2[C@@H](C(=O)OCC)[C@H]3CCC12S3. The smallest absolute Gasteiger partial charge is 0.310 e. The maximum atomic E-state index is 13.6. The van der Waals surface area contributed by atoms with Crippen molar-refractivity contribution in [3.05, 3.63) is 0 Å². The van der Waals surface area contributed by atoms with Gasteiger partial charge in [-0.3, -0.25) is 14.4 Å². The van der Waals surface area contributed by atoms with Crippen molar-refractivity contribution in [2.45, 2.75) is 94.2 Å². The third kappa shape index (κ3) is 4.61. The number of unbranched alkanes of at least 4 members (excludes halogenated alkanes) is 3. The highest BCUT2D eigenvalue weighted by atomic mass is 32.2. The van der Waals surface area contributed by atoms with Crippen molar-refractivity contribution in [2.75, 3.05) is 19.8 Å².